The molecule has 0 fully saturated rings. The normalized spacial score (nSPS) is 12.2. The van der Waals surface area contributed by atoms with Crippen molar-refractivity contribution in [2.24, 2.45) is 0 Å². The molecule has 2 aromatic carbocycles. The zero-order chi connectivity index (χ0) is 14.5. The number of thioether (sulfide) groups is 1. The van der Waals surface area contributed by atoms with Crippen LogP contribution in [0.4, 0.5) is 0 Å². The number of hydrogen-bond donors (Lipinski definition) is 1. The predicted octanol–water partition coefficient (Wildman–Crippen LogP) is 5.24. The largest absolute Gasteiger partial charge is 0.455 e. The summed E-state index contributed by atoms with van der Waals surface area (Å²) >= 11 is 5.27. The first-order valence-electron chi connectivity index (χ1n) is 6.43. The van der Waals surface area contributed by atoms with E-state index in [2.05, 4.69) is 52.6 Å². The molecule has 0 amide bonds. The van der Waals surface area contributed by atoms with E-state index in [1.807, 2.05) is 31.3 Å². The maximum atomic E-state index is 6.01. The summed E-state index contributed by atoms with van der Waals surface area (Å²) in [6.07, 6.45) is 2.05. The number of nitrogens with one attached hydrogen (secondary N) is 1. The first-order valence-corrected chi connectivity index (χ1v) is 8.45. The zero-order valence-electron chi connectivity index (χ0n) is 11.8. The molecule has 20 heavy (non-hydrogen) atoms. The van der Waals surface area contributed by atoms with Crippen molar-refractivity contribution in [1.82, 2.24) is 5.32 Å². The molecule has 0 bridgehead atoms. The Balaban J connectivity index is 2.26. The molecule has 0 saturated carbocycles. The third-order valence-electron chi connectivity index (χ3n) is 3.18. The molecule has 1 unspecified atom stereocenters. The summed E-state index contributed by atoms with van der Waals surface area (Å²) in [4.78, 5) is 1.13. The Morgan fingerprint density at radius 2 is 1.90 bits per heavy atom. The molecule has 2 rings (SSSR count). The van der Waals surface area contributed by atoms with E-state index in [-0.39, 0.29) is 0 Å². The Kier molecular flexibility index (Phi) is 5.52. The van der Waals surface area contributed by atoms with Crippen molar-refractivity contribution >= 4 is 27.7 Å². The number of rotatable bonds is 5. The van der Waals surface area contributed by atoms with Crippen LogP contribution in [0.1, 0.15) is 18.5 Å². The number of hydrogen-bond acceptors (Lipinski definition) is 3. The molecule has 1 N–H and O–H groups in total. The minimum atomic E-state index is 0.318. The van der Waals surface area contributed by atoms with Crippen LogP contribution in [0.15, 0.2) is 51.8 Å². The van der Waals surface area contributed by atoms with E-state index in [9.17, 15) is 0 Å². The lowest BCUT2D eigenvalue weighted by Crippen LogP contribution is -2.12. The van der Waals surface area contributed by atoms with Crippen LogP contribution in [-0.4, -0.2) is 13.3 Å². The van der Waals surface area contributed by atoms with Gasteiger partial charge in [-0.2, -0.15) is 0 Å². The Morgan fingerprint density at radius 3 is 2.55 bits per heavy atom. The van der Waals surface area contributed by atoms with Gasteiger partial charge in [-0.05, 0) is 66.0 Å². The lowest BCUT2D eigenvalue weighted by atomic mass is 10.1. The smallest absolute Gasteiger partial charge is 0.141 e. The van der Waals surface area contributed by atoms with Gasteiger partial charge in [0.15, 0.2) is 0 Å². The molecular formula is C16H18BrNOS. The second-order valence-corrected chi connectivity index (χ2v) is 6.16. The monoisotopic (exact) mass is 351 g/mol. The van der Waals surface area contributed by atoms with Crippen LogP contribution in [0.2, 0.25) is 0 Å². The Morgan fingerprint density at radius 1 is 1.15 bits per heavy atom. The zero-order valence-corrected chi connectivity index (χ0v) is 14.2. The van der Waals surface area contributed by atoms with Crippen LogP contribution < -0.4 is 10.1 Å². The fraction of sp³-hybridized carbons (Fsp3) is 0.250. The Bertz CT molecular complexity index is 588. The van der Waals surface area contributed by atoms with Crippen LogP contribution in [-0.2, 0) is 0 Å². The van der Waals surface area contributed by atoms with Gasteiger partial charge in [-0.15, -0.1) is 11.8 Å². The molecule has 106 valence electrons. The average Bonchev–Trinajstić information content (AvgIpc) is 2.49. The van der Waals surface area contributed by atoms with Crippen molar-refractivity contribution in [3.8, 4) is 11.5 Å². The van der Waals surface area contributed by atoms with E-state index in [1.54, 1.807) is 11.8 Å². The Labute approximate surface area is 133 Å². The van der Waals surface area contributed by atoms with E-state index >= 15 is 0 Å². The highest BCUT2D eigenvalue weighted by atomic mass is 79.9. The molecule has 0 saturated heterocycles. The number of ether oxygens (including phenoxy) is 1. The minimum absolute atomic E-state index is 0.318. The Hall–Kier alpha value is -0.970. The van der Waals surface area contributed by atoms with Gasteiger partial charge in [0.2, 0.25) is 0 Å². The third-order valence-corrected chi connectivity index (χ3v) is 4.57. The molecule has 2 aromatic rings. The van der Waals surface area contributed by atoms with Crippen LogP contribution in [0.3, 0.4) is 0 Å². The topological polar surface area (TPSA) is 21.3 Å². The molecule has 2 nitrogen and oxygen atoms in total. The molecule has 0 aliphatic carbocycles. The molecule has 0 heterocycles. The molecule has 4 heteroatoms. The first-order chi connectivity index (χ1) is 9.65. The van der Waals surface area contributed by atoms with Crippen molar-refractivity contribution in [1.29, 1.82) is 0 Å². The summed E-state index contributed by atoms with van der Waals surface area (Å²) in [6.45, 7) is 2.13. The second kappa shape index (κ2) is 7.16. The number of benzene rings is 2. The fourth-order valence-electron chi connectivity index (χ4n) is 1.86. The van der Waals surface area contributed by atoms with E-state index in [0.29, 0.717) is 6.04 Å². The third kappa shape index (κ3) is 3.57. The second-order valence-electron chi connectivity index (χ2n) is 4.45. The van der Waals surface area contributed by atoms with Crippen molar-refractivity contribution in [2.75, 3.05) is 13.3 Å². The highest BCUT2D eigenvalue weighted by molar-refractivity contribution is 9.10. The van der Waals surface area contributed by atoms with Gasteiger partial charge in [-0.3, -0.25) is 0 Å². The van der Waals surface area contributed by atoms with Crippen molar-refractivity contribution < 1.29 is 4.74 Å². The lowest BCUT2D eigenvalue weighted by Gasteiger charge is -2.14. The van der Waals surface area contributed by atoms with Gasteiger partial charge in [0.05, 0.1) is 4.47 Å². The van der Waals surface area contributed by atoms with Crippen molar-refractivity contribution in [3.05, 3.63) is 52.5 Å². The van der Waals surface area contributed by atoms with Crippen LogP contribution >= 0.6 is 27.7 Å². The molecule has 0 aliphatic rings. The van der Waals surface area contributed by atoms with Crippen molar-refractivity contribution in [3.63, 3.8) is 0 Å². The van der Waals surface area contributed by atoms with Crippen LogP contribution in [0.25, 0.3) is 0 Å². The van der Waals surface area contributed by atoms with Gasteiger partial charge in [0.25, 0.3) is 0 Å². The molecule has 1 atom stereocenters. The highest BCUT2D eigenvalue weighted by Crippen LogP contribution is 2.35. The summed E-state index contributed by atoms with van der Waals surface area (Å²) in [5.41, 5.74) is 1.23. The SMILES string of the molecule is CNC(C)c1ccc(Oc2ccccc2SC)c(Br)c1. The average molecular weight is 352 g/mol. The van der Waals surface area contributed by atoms with Gasteiger partial charge < -0.3 is 10.1 Å². The van der Waals surface area contributed by atoms with Gasteiger partial charge in [-0.25, -0.2) is 0 Å². The number of para-hydroxylation sites is 1. The van der Waals surface area contributed by atoms with E-state index in [1.165, 1.54) is 5.56 Å². The van der Waals surface area contributed by atoms with Crippen LogP contribution in [0, 0.1) is 0 Å². The fourth-order valence-corrected chi connectivity index (χ4v) is 2.86. The van der Waals surface area contributed by atoms with Gasteiger partial charge in [0, 0.05) is 10.9 Å². The summed E-state index contributed by atoms with van der Waals surface area (Å²) < 4.78 is 6.98. The minimum Gasteiger partial charge on any atom is -0.455 e. The summed E-state index contributed by atoms with van der Waals surface area (Å²) in [5, 5.41) is 3.23. The van der Waals surface area contributed by atoms with Gasteiger partial charge >= 0.3 is 0 Å². The molecule has 0 aliphatic heterocycles. The highest BCUT2D eigenvalue weighted by Gasteiger charge is 2.09. The standard InChI is InChI=1S/C16H18BrNOS/c1-11(18-2)12-8-9-14(13(17)10-12)19-15-6-4-5-7-16(15)20-3/h4-11,18H,1-3H3. The van der Waals surface area contributed by atoms with Gasteiger partial charge in [-0.1, -0.05) is 18.2 Å². The molecule has 0 radical (unpaired) electrons. The maximum absolute atomic E-state index is 6.01. The number of halogens is 1. The molecular weight excluding hydrogens is 334 g/mol. The van der Waals surface area contributed by atoms with E-state index in [4.69, 9.17) is 4.74 Å². The maximum Gasteiger partial charge on any atom is 0.141 e. The van der Waals surface area contributed by atoms with E-state index < -0.39 is 0 Å². The molecule has 0 aromatic heterocycles. The first kappa shape index (κ1) is 15.4. The molecule has 0 spiro atoms. The quantitative estimate of drug-likeness (QED) is 0.743. The summed E-state index contributed by atoms with van der Waals surface area (Å²) in [7, 11) is 1.96. The van der Waals surface area contributed by atoms with E-state index in [0.717, 1.165) is 20.9 Å². The van der Waals surface area contributed by atoms with Gasteiger partial charge in [0.1, 0.15) is 11.5 Å². The summed E-state index contributed by atoms with van der Waals surface area (Å²) in [5.74, 6) is 1.72. The van der Waals surface area contributed by atoms with Crippen LogP contribution in [0.5, 0.6) is 11.5 Å². The van der Waals surface area contributed by atoms with Crippen molar-refractivity contribution in [2.45, 2.75) is 17.9 Å². The summed E-state index contributed by atoms with van der Waals surface area (Å²) in [6, 6.07) is 14.6. The lowest BCUT2D eigenvalue weighted by molar-refractivity contribution is 0.467. The predicted molar refractivity (Wildman–Crippen MR) is 89.9 cm³/mol.